The molecule has 0 aromatic heterocycles. The second-order valence-corrected chi connectivity index (χ2v) is 6.13. The van der Waals surface area contributed by atoms with Gasteiger partial charge >= 0.3 is 6.09 Å². The summed E-state index contributed by atoms with van der Waals surface area (Å²) in [6.45, 7) is 4.87. The average molecular weight is 372 g/mol. The molecule has 0 bridgehead atoms. The van der Waals surface area contributed by atoms with E-state index in [1.54, 1.807) is 47.4 Å². The van der Waals surface area contributed by atoms with Gasteiger partial charge in [0.15, 0.2) is 5.76 Å². The fourth-order valence-electron chi connectivity index (χ4n) is 2.63. The van der Waals surface area contributed by atoms with Crippen LogP contribution in [0.4, 0.5) is 4.79 Å². The number of ether oxygens (including phenoxy) is 2. The molecule has 0 fully saturated rings. The van der Waals surface area contributed by atoms with Gasteiger partial charge in [-0.1, -0.05) is 23.7 Å². The first-order valence-corrected chi connectivity index (χ1v) is 8.70. The van der Waals surface area contributed by atoms with Crippen LogP contribution in [0.25, 0.3) is 6.08 Å². The first-order chi connectivity index (χ1) is 12.5. The van der Waals surface area contributed by atoms with Gasteiger partial charge in [0.25, 0.3) is 0 Å². The van der Waals surface area contributed by atoms with Crippen molar-refractivity contribution in [2.45, 2.75) is 13.8 Å². The quantitative estimate of drug-likeness (QED) is 0.724. The molecule has 6 heteroatoms. The molecule has 1 aliphatic rings. The first kappa shape index (κ1) is 18.0. The van der Waals surface area contributed by atoms with Crippen LogP contribution in [-0.2, 0) is 0 Å². The van der Waals surface area contributed by atoms with E-state index in [0.717, 1.165) is 5.56 Å². The average Bonchev–Trinajstić information content (AvgIpc) is 2.91. The molecule has 2 aromatic carbocycles. The maximum Gasteiger partial charge on any atom is 0.415 e. The maximum atomic E-state index is 12.5. The summed E-state index contributed by atoms with van der Waals surface area (Å²) in [7, 11) is 0. The van der Waals surface area contributed by atoms with Gasteiger partial charge in [0.2, 0.25) is 5.78 Å². The molecule has 5 nitrogen and oxygen atoms in total. The molecule has 134 valence electrons. The number of fused-ring (bicyclic) bond motifs is 1. The Kier molecular flexibility index (Phi) is 5.28. The van der Waals surface area contributed by atoms with Gasteiger partial charge in [-0.2, -0.15) is 0 Å². The number of benzene rings is 2. The summed E-state index contributed by atoms with van der Waals surface area (Å²) in [4.78, 5) is 26.1. The van der Waals surface area contributed by atoms with Crippen molar-refractivity contribution in [3.63, 3.8) is 0 Å². The van der Waals surface area contributed by atoms with E-state index in [1.807, 2.05) is 19.9 Å². The number of halogens is 1. The Morgan fingerprint density at radius 1 is 1.19 bits per heavy atom. The fourth-order valence-corrected chi connectivity index (χ4v) is 2.82. The number of amides is 1. The predicted octanol–water partition coefficient (Wildman–Crippen LogP) is 4.80. The van der Waals surface area contributed by atoms with E-state index in [-0.39, 0.29) is 11.5 Å². The number of hydrogen-bond donors (Lipinski definition) is 0. The predicted molar refractivity (Wildman–Crippen MR) is 99.8 cm³/mol. The van der Waals surface area contributed by atoms with Crippen molar-refractivity contribution >= 4 is 29.6 Å². The SMILES string of the molecule is CCN(CC)C(=O)Oc1ccc2c(c1)O/C(=C\c1cccc(Cl)c1)C2=O. The molecule has 0 saturated heterocycles. The minimum atomic E-state index is -0.436. The van der Waals surface area contributed by atoms with Crippen molar-refractivity contribution in [2.24, 2.45) is 0 Å². The van der Waals surface area contributed by atoms with Gasteiger partial charge in [0, 0.05) is 24.2 Å². The van der Waals surface area contributed by atoms with E-state index in [2.05, 4.69) is 0 Å². The van der Waals surface area contributed by atoms with Crippen LogP contribution in [0.3, 0.4) is 0 Å². The third kappa shape index (κ3) is 3.73. The molecule has 1 amide bonds. The third-order valence-electron chi connectivity index (χ3n) is 4.01. The van der Waals surface area contributed by atoms with Crippen molar-refractivity contribution in [1.82, 2.24) is 4.90 Å². The largest absolute Gasteiger partial charge is 0.452 e. The van der Waals surface area contributed by atoms with E-state index >= 15 is 0 Å². The molecule has 0 N–H and O–H groups in total. The molecule has 1 aliphatic heterocycles. The van der Waals surface area contributed by atoms with E-state index < -0.39 is 6.09 Å². The van der Waals surface area contributed by atoms with Crippen molar-refractivity contribution in [1.29, 1.82) is 0 Å². The first-order valence-electron chi connectivity index (χ1n) is 8.32. The minimum Gasteiger partial charge on any atom is -0.452 e. The topological polar surface area (TPSA) is 55.8 Å². The number of allylic oxidation sites excluding steroid dienone is 1. The number of nitrogens with zero attached hydrogens (tertiary/aromatic N) is 1. The Morgan fingerprint density at radius 3 is 2.65 bits per heavy atom. The second kappa shape index (κ2) is 7.62. The smallest absolute Gasteiger partial charge is 0.415 e. The fraction of sp³-hybridized carbons (Fsp3) is 0.200. The molecule has 2 aromatic rings. The standard InChI is InChI=1S/C20H18ClNO4/c1-3-22(4-2)20(24)25-15-8-9-16-17(12-15)26-18(19(16)23)11-13-6-5-7-14(21)10-13/h5-12H,3-4H2,1-2H3/b18-11-. The van der Waals surface area contributed by atoms with Crippen LogP contribution in [0.2, 0.25) is 5.02 Å². The highest BCUT2D eigenvalue weighted by Gasteiger charge is 2.28. The van der Waals surface area contributed by atoms with E-state index in [0.29, 0.717) is 35.2 Å². The number of carbonyl (C=O) groups is 2. The summed E-state index contributed by atoms with van der Waals surface area (Å²) < 4.78 is 11.0. The van der Waals surface area contributed by atoms with Crippen LogP contribution in [0.5, 0.6) is 11.5 Å². The van der Waals surface area contributed by atoms with Crippen LogP contribution in [-0.4, -0.2) is 29.9 Å². The molecule has 1 heterocycles. The molecule has 0 radical (unpaired) electrons. The lowest BCUT2D eigenvalue weighted by molar-refractivity contribution is 0.101. The van der Waals surface area contributed by atoms with Gasteiger partial charge in [0.05, 0.1) is 5.56 Å². The number of ketones is 1. The molecule has 0 atom stereocenters. The van der Waals surface area contributed by atoms with Gasteiger partial charge in [-0.25, -0.2) is 4.79 Å². The summed E-state index contributed by atoms with van der Waals surface area (Å²) >= 11 is 5.97. The third-order valence-corrected chi connectivity index (χ3v) is 4.25. The van der Waals surface area contributed by atoms with Crippen molar-refractivity contribution in [2.75, 3.05) is 13.1 Å². The summed E-state index contributed by atoms with van der Waals surface area (Å²) in [5.41, 5.74) is 1.20. The Balaban J connectivity index is 1.81. The number of rotatable bonds is 4. The minimum absolute atomic E-state index is 0.203. The van der Waals surface area contributed by atoms with Crippen molar-refractivity contribution < 1.29 is 19.1 Å². The van der Waals surface area contributed by atoms with Crippen LogP contribution < -0.4 is 9.47 Å². The van der Waals surface area contributed by atoms with Gasteiger partial charge in [-0.15, -0.1) is 0 Å². The molecular formula is C20H18ClNO4. The van der Waals surface area contributed by atoms with E-state index in [4.69, 9.17) is 21.1 Å². The molecule has 0 spiro atoms. The zero-order chi connectivity index (χ0) is 18.7. The Labute approximate surface area is 156 Å². The molecule has 0 saturated carbocycles. The summed E-state index contributed by atoms with van der Waals surface area (Å²) in [5.74, 6) is 0.682. The highest BCUT2D eigenvalue weighted by Crippen LogP contribution is 2.35. The number of Topliss-reactive ketones (excluding diaryl/α,β-unsaturated/α-hetero) is 1. The van der Waals surface area contributed by atoms with Gasteiger partial charge in [-0.05, 0) is 49.8 Å². The lowest BCUT2D eigenvalue weighted by atomic mass is 10.1. The lowest BCUT2D eigenvalue weighted by Gasteiger charge is -2.17. The Morgan fingerprint density at radius 2 is 1.96 bits per heavy atom. The number of carbonyl (C=O) groups excluding carboxylic acids is 2. The normalized spacial score (nSPS) is 14.1. The van der Waals surface area contributed by atoms with E-state index in [9.17, 15) is 9.59 Å². The van der Waals surface area contributed by atoms with Crippen LogP contribution in [0.1, 0.15) is 29.8 Å². The van der Waals surface area contributed by atoms with Crippen molar-refractivity contribution in [3.05, 3.63) is 64.4 Å². The molecular weight excluding hydrogens is 354 g/mol. The summed E-state index contributed by atoms with van der Waals surface area (Å²) in [5, 5.41) is 0.577. The van der Waals surface area contributed by atoms with Crippen LogP contribution in [0, 0.1) is 0 Å². The van der Waals surface area contributed by atoms with Gasteiger partial charge in [-0.3, -0.25) is 4.79 Å². The van der Waals surface area contributed by atoms with Gasteiger partial charge < -0.3 is 14.4 Å². The zero-order valence-corrected chi connectivity index (χ0v) is 15.2. The van der Waals surface area contributed by atoms with Gasteiger partial charge in [0.1, 0.15) is 11.5 Å². The highest BCUT2D eigenvalue weighted by molar-refractivity contribution is 6.30. The Bertz CT molecular complexity index is 887. The van der Waals surface area contributed by atoms with E-state index in [1.165, 1.54) is 0 Å². The maximum absolute atomic E-state index is 12.5. The molecule has 26 heavy (non-hydrogen) atoms. The molecule has 0 aliphatic carbocycles. The lowest BCUT2D eigenvalue weighted by Crippen LogP contribution is -2.33. The molecule has 3 rings (SSSR count). The molecule has 0 unspecified atom stereocenters. The monoisotopic (exact) mass is 371 g/mol. The van der Waals surface area contributed by atoms with Crippen molar-refractivity contribution in [3.8, 4) is 11.5 Å². The second-order valence-electron chi connectivity index (χ2n) is 5.69. The number of hydrogen-bond acceptors (Lipinski definition) is 4. The summed E-state index contributed by atoms with van der Waals surface area (Å²) in [6.07, 6.45) is 1.20. The Hall–Kier alpha value is -2.79. The van der Waals surface area contributed by atoms with Crippen LogP contribution >= 0.6 is 11.6 Å². The highest BCUT2D eigenvalue weighted by atomic mass is 35.5. The zero-order valence-electron chi connectivity index (χ0n) is 14.5. The summed E-state index contributed by atoms with van der Waals surface area (Å²) in [6, 6.07) is 11.9. The van der Waals surface area contributed by atoms with Crippen LogP contribution in [0.15, 0.2) is 48.2 Å².